The van der Waals surface area contributed by atoms with Crippen molar-refractivity contribution in [2.75, 3.05) is 5.73 Å². The molecule has 0 aliphatic rings. The highest BCUT2D eigenvalue weighted by Gasteiger charge is 2.15. The number of nitrogens with zero attached hydrogens (tertiary/aromatic N) is 2. The summed E-state index contributed by atoms with van der Waals surface area (Å²) in [5.41, 5.74) is 8.80. The second-order valence-electron chi connectivity index (χ2n) is 4.99. The molecular formula is C17H17N3O. The predicted molar refractivity (Wildman–Crippen MR) is 84.7 cm³/mol. The number of para-hydroxylation sites is 1. The molecule has 0 amide bonds. The van der Waals surface area contributed by atoms with Crippen LogP contribution in [0.1, 0.15) is 11.3 Å². The number of hydrogen-bond acceptors (Lipinski definition) is 2. The van der Waals surface area contributed by atoms with E-state index in [1.165, 1.54) is 0 Å². The lowest BCUT2D eigenvalue weighted by atomic mass is 10.2. The Labute approximate surface area is 123 Å². The van der Waals surface area contributed by atoms with E-state index in [1.807, 2.05) is 72.3 Å². The Morgan fingerprint density at radius 2 is 1.52 bits per heavy atom. The lowest BCUT2D eigenvalue weighted by Gasteiger charge is -2.13. The number of hydrogen-bond donors (Lipinski definition) is 1. The van der Waals surface area contributed by atoms with Crippen molar-refractivity contribution in [2.24, 2.45) is 0 Å². The first-order chi connectivity index (χ1) is 10.2. The van der Waals surface area contributed by atoms with Crippen LogP contribution in [-0.2, 0) is 6.54 Å². The first-order valence-corrected chi connectivity index (χ1v) is 6.85. The van der Waals surface area contributed by atoms with Crippen molar-refractivity contribution in [2.45, 2.75) is 13.5 Å². The molecule has 0 atom stereocenters. The van der Waals surface area contributed by atoms with Crippen LogP contribution in [0.5, 0.6) is 0 Å². The highest BCUT2D eigenvalue weighted by molar-refractivity contribution is 5.45. The van der Waals surface area contributed by atoms with Crippen LogP contribution >= 0.6 is 0 Å². The standard InChI is InChI=1S/C17H17N3O/c1-13-16(18)17(21)20(15-10-6-3-7-11-15)19(13)12-14-8-4-2-5-9-14/h2-11H,12,18H2,1H3. The predicted octanol–water partition coefficient (Wildman–Crippen LogP) is 2.58. The normalized spacial score (nSPS) is 10.7. The van der Waals surface area contributed by atoms with Crippen LogP contribution in [-0.4, -0.2) is 9.36 Å². The van der Waals surface area contributed by atoms with Gasteiger partial charge in [0.2, 0.25) is 0 Å². The smallest absolute Gasteiger partial charge is 0.294 e. The Morgan fingerprint density at radius 1 is 0.952 bits per heavy atom. The molecule has 3 aromatic rings. The van der Waals surface area contributed by atoms with Crippen molar-refractivity contribution >= 4 is 5.69 Å². The molecule has 0 spiro atoms. The van der Waals surface area contributed by atoms with E-state index in [1.54, 1.807) is 4.68 Å². The van der Waals surface area contributed by atoms with E-state index in [9.17, 15) is 4.79 Å². The zero-order valence-corrected chi connectivity index (χ0v) is 11.9. The van der Waals surface area contributed by atoms with Crippen LogP contribution in [0.4, 0.5) is 5.69 Å². The second kappa shape index (κ2) is 5.32. The van der Waals surface area contributed by atoms with Crippen LogP contribution in [0.3, 0.4) is 0 Å². The van der Waals surface area contributed by atoms with Gasteiger partial charge < -0.3 is 5.73 Å². The Kier molecular flexibility index (Phi) is 3.36. The van der Waals surface area contributed by atoms with E-state index >= 15 is 0 Å². The summed E-state index contributed by atoms with van der Waals surface area (Å²) >= 11 is 0. The van der Waals surface area contributed by atoms with Gasteiger partial charge in [-0.15, -0.1) is 0 Å². The van der Waals surface area contributed by atoms with Gasteiger partial charge in [0.05, 0.1) is 17.9 Å². The molecular weight excluding hydrogens is 262 g/mol. The van der Waals surface area contributed by atoms with Crippen molar-refractivity contribution in [3.63, 3.8) is 0 Å². The van der Waals surface area contributed by atoms with Crippen molar-refractivity contribution < 1.29 is 0 Å². The Balaban J connectivity index is 2.16. The SMILES string of the molecule is Cc1c(N)c(=O)n(-c2ccccc2)n1Cc1ccccc1. The van der Waals surface area contributed by atoms with Crippen LogP contribution < -0.4 is 11.3 Å². The van der Waals surface area contributed by atoms with Gasteiger partial charge in [0.25, 0.3) is 5.56 Å². The quantitative estimate of drug-likeness (QED) is 0.801. The molecule has 0 unspecified atom stereocenters. The molecule has 0 saturated carbocycles. The molecule has 4 nitrogen and oxygen atoms in total. The topological polar surface area (TPSA) is 53.0 Å². The number of aromatic nitrogens is 2. The van der Waals surface area contributed by atoms with Crippen molar-refractivity contribution in [3.05, 3.63) is 82.3 Å². The fraction of sp³-hybridized carbons (Fsp3) is 0.118. The Bertz CT molecular complexity index is 801. The first-order valence-electron chi connectivity index (χ1n) is 6.85. The highest BCUT2D eigenvalue weighted by Crippen LogP contribution is 2.14. The van der Waals surface area contributed by atoms with Gasteiger partial charge in [-0.05, 0) is 24.6 Å². The molecule has 0 aliphatic heterocycles. The van der Waals surface area contributed by atoms with Gasteiger partial charge in [-0.25, -0.2) is 4.68 Å². The zero-order valence-electron chi connectivity index (χ0n) is 11.9. The third-order valence-corrected chi connectivity index (χ3v) is 3.62. The monoisotopic (exact) mass is 279 g/mol. The fourth-order valence-electron chi connectivity index (χ4n) is 2.44. The maximum absolute atomic E-state index is 12.4. The molecule has 2 N–H and O–H groups in total. The molecule has 0 radical (unpaired) electrons. The third-order valence-electron chi connectivity index (χ3n) is 3.62. The van der Waals surface area contributed by atoms with E-state index in [-0.39, 0.29) is 5.56 Å². The molecule has 1 heterocycles. The molecule has 21 heavy (non-hydrogen) atoms. The summed E-state index contributed by atoms with van der Waals surface area (Å²) in [7, 11) is 0. The van der Waals surface area contributed by atoms with Crippen molar-refractivity contribution in [1.82, 2.24) is 9.36 Å². The largest absolute Gasteiger partial charge is 0.393 e. The molecule has 4 heteroatoms. The molecule has 0 aliphatic carbocycles. The lowest BCUT2D eigenvalue weighted by Crippen LogP contribution is -2.22. The summed E-state index contributed by atoms with van der Waals surface area (Å²) in [4.78, 5) is 12.4. The van der Waals surface area contributed by atoms with Crippen molar-refractivity contribution in [3.8, 4) is 5.69 Å². The number of nitrogen functional groups attached to an aromatic ring is 1. The second-order valence-corrected chi connectivity index (χ2v) is 4.99. The van der Waals surface area contributed by atoms with Gasteiger partial charge >= 0.3 is 0 Å². The van der Waals surface area contributed by atoms with Crippen molar-refractivity contribution in [1.29, 1.82) is 0 Å². The fourth-order valence-corrected chi connectivity index (χ4v) is 2.44. The average Bonchev–Trinajstić information content (AvgIpc) is 2.74. The average molecular weight is 279 g/mol. The minimum absolute atomic E-state index is 0.172. The van der Waals surface area contributed by atoms with Gasteiger partial charge in [-0.1, -0.05) is 48.5 Å². The molecule has 1 aromatic heterocycles. The number of benzene rings is 2. The summed E-state index contributed by atoms with van der Waals surface area (Å²) in [5, 5.41) is 0. The maximum atomic E-state index is 12.4. The lowest BCUT2D eigenvalue weighted by molar-refractivity contribution is 0.578. The Hall–Kier alpha value is -2.75. The maximum Gasteiger partial charge on any atom is 0.294 e. The molecule has 0 fully saturated rings. The molecule has 2 aromatic carbocycles. The number of nitrogens with two attached hydrogens (primary N) is 1. The van der Waals surface area contributed by atoms with Crippen LogP contribution in [0.15, 0.2) is 65.5 Å². The van der Waals surface area contributed by atoms with E-state index in [0.717, 1.165) is 16.9 Å². The molecule has 0 saturated heterocycles. The summed E-state index contributed by atoms with van der Waals surface area (Å²) in [5.74, 6) is 0. The summed E-state index contributed by atoms with van der Waals surface area (Å²) < 4.78 is 3.56. The zero-order chi connectivity index (χ0) is 14.8. The van der Waals surface area contributed by atoms with E-state index in [0.29, 0.717) is 12.2 Å². The molecule has 106 valence electrons. The van der Waals surface area contributed by atoms with E-state index in [4.69, 9.17) is 5.73 Å². The number of anilines is 1. The van der Waals surface area contributed by atoms with Gasteiger partial charge in [0.1, 0.15) is 5.69 Å². The van der Waals surface area contributed by atoms with E-state index in [2.05, 4.69) is 0 Å². The van der Waals surface area contributed by atoms with Gasteiger partial charge in [-0.2, -0.15) is 0 Å². The molecule has 3 rings (SSSR count). The summed E-state index contributed by atoms with van der Waals surface area (Å²) in [6, 6.07) is 19.6. The van der Waals surface area contributed by atoms with E-state index < -0.39 is 0 Å². The minimum atomic E-state index is -0.172. The summed E-state index contributed by atoms with van der Waals surface area (Å²) in [6.07, 6.45) is 0. The minimum Gasteiger partial charge on any atom is -0.393 e. The highest BCUT2D eigenvalue weighted by atomic mass is 16.1. The first kappa shape index (κ1) is 13.2. The van der Waals surface area contributed by atoms with Gasteiger partial charge in [-0.3, -0.25) is 9.48 Å². The van der Waals surface area contributed by atoms with Gasteiger partial charge in [0, 0.05) is 0 Å². The third kappa shape index (κ3) is 2.36. The van der Waals surface area contributed by atoms with Crippen LogP contribution in [0.2, 0.25) is 0 Å². The van der Waals surface area contributed by atoms with Gasteiger partial charge in [0.15, 0.2) is 0 Å². The summed E-state index contributed by atoms with van der Waals surface area (Å²) in [6.45, 7) is 2.48. The van der Waals surface area contributed by atoms with Crippen LogP contribution in [0, 0.1) is 6.92 Å². The molecule has 0 bridgehead atoms. The number of rotatable bonds is 3. The van der Waals surface area contributed by atoms with Crippen LogP contribution in [0.25, 0.3) is 5.69 Å². The Morgan fingerprint density at radius 3 is 2.14 bits per heavy atom.